The summed E-state index contributed by atoms with van der Waals surface area (Å²) in [6.45, 7) is 6.55. The summed E-state index contributed by atoms with van der Waals surface area (Å²) in [6.07, 6.45) is 0. The first-order chi connectivity index (χ1) is 9.83. The number of aromatic nitrogens is 1. The average molecular weight is 345 g/mol. The van der Waals surface area contributed by atoms with Gasteiger partial charge in [-0.05, 0) is 41.3 Å². The molecule has 0 fully saturated rings. The Hall–Kier alpha value is -1.81. The van der Waals surface area contributed by atoms with Crippen molar-refractivity contribution in [2.24, 2.45) is 0 Å². The Morgan fingerprint density at radius 2 is 1.86 bits per heavy atom. The van der Waals surface area contributed by atoms with Crippen LogP contribution in [0.2, 0.25) is 0 Å². The van der Waals surface area contributed by atoms with Crippen LogP contribution >= 0.6 is 15.9 Å². The molecule has 2 aromatic carbocycles. The number of oxazole rings is 1. The average Bonchev–Trinajstić information content (AvgIpc) is 2.79. The number of hydrogen-bond acceptors (Lipinski definition) is 3. The van der Waals surface area contributed by atoms with Gasteiger partial charge in [0.15, 0.2) is 5.58 Å². The third kappa shape index (κ3) is 2.81. The zero-order valence-corrected chi connectivity index (χ0v) is 13.9. The van der Waals surface area contributed by atoms with Crippen molar-refractivity contribution in [1.29, 1.82) is 0 Å². The molecule has 0 saturated heterocycles. The second-order valence-electron chi connectivity index (χ2n) is 6.22. The summed E-state index contributed by atoms with van der Waals surface area (Å²) in [4.78, 5) is 4.60. The van der Waals surface area contributed by atoms with Crippen LogP contribution in [-0.4, -0.2) is 4.98 Å². The lowest BCUT2D eigenvalue weighted by atomic mass is 9.87. The van der Waals surface area contributed by atoms with Gasteiger partial charge in [-0.1, -0.05) is 42.8 Å². The lowest BCUT2D eigenvalue weighted by molar-refractivity contribution is 0.590. The molecule has 0 amide bonds. The predicted molar refractivity (Wildman–Crippen MR) is 90.3 cm³/mol. The van der Waals surface area contributed by atoms with E-state index in [1.807, 2.05) is 24.3 Å². The molecule has 1 aromatic heterocycles. The zero-order valence-electron chi connectivity index (χ0n) is 12.3. The van der Waals surface area contributed by atoms with Crippen LogP contribution in [0.5, 0.6) is 0 Å². The zero-order chi connectivity index (χ0) is 15.2. The van der Waals surface area contributed by atoms with Crippen molar-refractivity contribution in [3.05, 3.63) is 46.4 Å². The van der Waals surface area contributed by atoms with Crippen molar-refractivity contribution in [3.8, 4) is 11.5 Å². The molecule has 3 rings (SSSR count). The van der Waals surface area contributed by atoms with Gasteiger partial charge in [0.1, 0.15) is 5.52 Å². The SMILES string of the molecule is CC(C)(C)c1ccc2oc(-c3cc(N)cc(Br)c3)nc2c1. The molecule has 0 atom stereocenters. The highest BCUT2D eigenvalue weighted by Crippen LogP contribution is 2.31. The fourth-order valence-corrected chi connectivity index (χ4v) is 2.76. The van der Waals surface area contributed by atoms with Gasteiger partial charge in [0.2, 0.25) is 5.89 Å². The lowest BCUT2D eigenvalue weighted by Crippen LogP contribution is -2.10. The van der Waals surface area contributed by atoms with E-state index in [1.54, 1.807) is 0 Å². The van der Waals surface area contributed by atoms with Crippen LogP contribution in [0.3, 0.4) is 0 Å². The van der Waals surface area contributed by atoms with E-state index in [1.165, 1.54) is 5.56 Å². The lowest BCUT2D eigenvalue weighted by Gasteiger charge is -2.18. The van der Waals surface area contributed by atoms with Gasteiger partial charge in [-0.15, -0.1) is 0 Å². The minimum Gasteiger partial charge on any atom is -0.436 e. The van der Waals surface area contributed by atoms with Crippen molar-refractivity contribution < 1.29 is 4.42 Å². The number of rotatable bonds is 1. The van der Waals surface area contributed by atoms with Crippen LogP contribution in [0.15, 0.2) is 45.3 Å². The highest BCUT2D eigenvalue weighted by atomic mass is 79.9. The number of anilines is 1. The van der Waals surface area contributed by atoms with Crippen molar-refractivity contribution >= 4 is 32.7 Å². The molecule has 3 nitrogen and oxygen atoms in total. The molecule has 0 aliphatic heterocycles. The van der Waals surface area contributed by atoms with Crippen molar-refractivity contribution in [2.45, 2.75) is 26.2 Å². The van der Waals surface area contributed by atoms with E-state index in [0.717, 1.165) is 21.1 Å². The van der Waals surface area contributed by atoms with E-state index in [2.05, 4.69) is 53.8 Å². The fraction of sp³-hybridized carbons (Fsp3) is 0.235. The molecule has 3 aromatic rings. The third-order valence-electron chi connectivity index (χ3n) is 3.42. The number of fused-ring (bicyclic) bond motifs is 1. The highest BCUT2D eigenvalue weighted by molar-refractivity contribution is 9.10. The van der Waals surface area contributed by atoms with E-state index in [-0.39, 0.29) is 5.41 Å². The van der Waals surface area contributed by atoms with E-state index >= 15 is 0 Å². The van der Waals surface area contributed by atoms with Crippen LogP contribution < -0.4 is 5.73 Å². The minimum atomic E-state index is 0.0908. The molecule has 0 aliphatic rings. The van der Waals surface area contributed by atoms with Crippen molar-refractivity contribution in [3.63, 3.8) is 0 Å². The van der Waals surface area contributed by atoms with Gasteiger partial charge in [0, 0.05) is 15.7 Å². The molecule has 108 valence electrons. The van der Waals surface area contributed by atoms with Gasteiger partial charge >= 0.3 is 0 Å². The summed E-state index contributed by atoms with van der Waals surface area (Å²) in [6, 6.07) is 11.8. The van der Waals surface area contributed by atoms with Gasteiger partial charge in [0.05, 0.1) is 0 Å². The van der Waals surface area contributed by atoms with Gasteiger partial charge in [0.25, 0.3) is 0 Å². The molecule has 0 aliphatic carbocycles. The summed E-state index contributed by atoms with van der Waals surface area (Å²) in [5.74, 6) is 0.587. The fourth-order valence-electron chi connectivity index (χ4n) is 2.25. The summed E-state index contributed by atoms with van der Waals surface area (Å²) in [5, 5.41) is 0. The Labute approximate surface area is 132 Å². The largest absolute Gasteiger partial charge is 0.436 e. The quantitative estimate of drug-likeness (QED) is 0.622. The molecule has 21 heavy (non-hydrogen) atoms. The molecule has 0 unspecified atom stereocenters. The molecular weight excluding hydrogens is 328 g/mol. The Morgan fingerprint density at radius 3 is 2.52 bits per heavy atom. The second-order valence-corrected chi connectivity index (χ2v) is 7.14. The second kappa shape index (κ2) is 4.88. The summed E-state index contributed by atoms with van der Waals surface area (Å²) < 4.78 is 6.76. The number of hydrogen-bond donors (Lipinski definition) is 1. The maximum atomic E-state index is 5.87. The third-order valence-corrected chi connectivity index (χ3v) is 3.88. The molecule has 0 spiro atoms. The van der Waals surface area contributed by atoms with Crippen LogP contribution in [-0.2, 0) is 5.41 Å². The Balaban J connectivity index is 2.13. The number of halogens is 1. The van der Waals surface area contributed by atoms with Crippen LogP contribution in [0.1, 0.15) is 26.3 Å². The Kier molecular flexibility index (Phi) is 3.29. The first kappa shape index (κ1) is 14.1. The van der Waals surface area contributed by atoms with Crippen molar-refractivity contribution in [2.75, 3.05) is 5.73 Å². The molecule has 0 radical (unpaired) electrons. The number of nitrogens with two attached hydrogens (primary N) is 1. The summed E-state index contributed by atoms with van der Waals surface area (Å²) in [5.41, 5.74) is 10.4. The predicted octanol–water partition coefficient (Wildman–Crippen LogP) is 5.14. The minimum absolute atomic E-state index is 0.0908. The van der Waals surface area contributed by atoms with Gasteiger partial charge < -0.3 is 10.2 Å². The molecule has 0 bridgehead atoms. The first-order valence-corrected chi connectivity index (χ1v) is 7.60. The first-order valence-electron chi connectivity index (χ1n) is 6.80. The molecule has 0 saturated carbocycles. The van der Waals surface area contributed by atoms with Crippen LogP contribution in [0.4, 0.5) is 5.69 Å². The summed E-state index contributed by atoms with van der Waals surface area (Å²) in [7, 11) is 0. The monoisotopic (exact) mass is 344 g/mol. The Morgan fingerprint density at radius 1 is 1.10 bits per heavy atom. The molecule has 1 heterocycles. The maximum Gasteiger partial charge on any atom is 0.227 e. The highest BCUT2D eigenvalue weighted by Gasteiger charge is 2.16. The van der Waals surface area contributed by atoms with Gasteiger partial charge in [-0.2, -0.15) is 0 Å². The van der Waals surface area contributed by atoms with E-state index in [4.69, 9.17) is 10.2 Å². The normalized spacial score (nSPS) is 12.0. The number of nitrogen functional groups attached to an aromatic ring is 1. The Bertz CT molecular complexity index is 795. The van der Waals surface area contributed by atoms with Crippen LogP contribution in [0.25, 0.3) is 22.6 Å². The molecule has 4 heteroatoms. The topological polar surface area (TPSA) is 52.0 Å². The maximum absolute atomic E-state index is 5.87. The summed E-state index contributed by atoms with van der Waals surface area (Å²) >= 11 is 3.44. The van der Waals surface area contributed by atoms with Gasteiger partial charge in [-0.25, -0.2) is 4.98 Å². The van der Waals surface area contributed by atoms with Crippen LogP contribution in [0, 0.1) is 0 Å². The van der Waals surface area contributed by atoms with Crippen molar-refractivity contribution in [1.82, 2.24) is 4.98 Å². The number of nitrogens with zero attached hydrogens (tertiary/aromatic N) is 1. The molecule has 2 N–H and O–H groups in total. The van der Waals surface area contributed by atoms with E-state index in [9.17, 15) is 0 Å². The standard InChI is InChI=1S/C17H17BrN2O/c1-17(2,3)11-4-5-15-14(8-11)20-16(21-15)10-6-12(18)9-13(19)7-10/h4-9H,19H2,1-3H3. The van der Waals surface area contributed by atoms with E-state index < -0.39 is 0 Å². The van der Waals surface area contributed by atoms with Gasteiger partial charge in [-0.3, -0.25) is 0 Å². The molecular formula is C17H17BrN2O. The number of benzene rings is 2. The smallest absolute Gasteiger partial charge is 0.227 e. The van der Waals surface area contributed by atoms with E-state index in [0.29, 0.717) is 11.6 Å².